The molecule has 6 nitrogen and oxygen atoms in total. The van der Waals surface area contributed by atoms with Crippen LogP contribution >= 0.6 is 0 Å². The van der Waals surface area contributed by atoms with Crippen LogP contribution in [0, 0.1) is 5.41 Å². The number of nitrogens with one attached hydrogen (secondary N) is 3. The maximum atomic E-state index is 12.8. The van der Waals surface area contributed by atoms with Gasteiger partial charge >= 0.3 is 0 Å². The van der Waals surface area contributed by atoms with Crippen molar-refractivity contribution in [1.82, 2.24) is 5.32 Å². The molecule has 3 N–H and O–H groups in total. The van der Waals surface area contributed by atoms with E-state index in [4.69, 9.17) is 0 Å². The second-order valence-corrected chi connectivity index (χ2v) is 8.55. The number of carbonyl (C=O) groups is 3. The Kier molecular flexibility index (Phi) is 7.00. The number of amides is 3. The normalized spacial score (nSPS) is 14.9. The van der Waals surface area contributed by atoms with Crippen molar-refractivity contribution in [2.75, 3.05) is 10.6 Å². The first-order valence-electron chi connectivity index (χ1n) is 9.80. The summed E-state index contributed by atoms with van der Waals surface area (Å²) in [6.45, 7) is 10.7. The lowest BCUT2D eigenvalue weighted by Gasteiger charge is -2.23. The molecule has 1 aliphatic rings. The maximum Gasteiger partial charge on any atom is 0.251 e. The van der Waals surface area contributed by atoms with Gasteiger partial charge in [0.25, 0.3) is 11.8 Å². The zero-order valence-electron chi connectivity index (χ0n) is 17.3. The van der Waals surface area contributed by atoms with Gasteiger partial charge in [-0.3, -0.25) is 14.4 Å². The number of hydrogen-bond acceptors (Lipinski definition) is 3. The van der Waals surface area contributed by atoms with Gasteiger partial charge in [-0.2, -0.15) is 0 Å². The van der Waals surface area contributed by atoms with Crippen LogP contribution in [-0.4, -0.2) is 23.8 Å². The van der Waals surface area contributed by atoms with Gasteiger partial charge in [0.2, 0.25) is 5.91 Å². The Hall–Kier alpha value is -2.63. The van der Waals surface area contributed by atoms with Gasteiger partial charge in [0.15, 0.2) is 0 Å². The molecule has 0 bridgehead atoms. The molecule has 0 saturated heterocycles. The van der Waals surface area contributed by atoms with Crippen LogP contribution in [0.25, 0.3) is 0 Å². The zero-order valence-corrected chi connectivity index (χ0v) is 17.3. The summed E-state index contributed by atoms with van der Waals surface area (Å²) in [5.74, 6) is -0.711. The fourth-order valence-corrected chi connectivity index (χ4v) is 2.98. The molecule has 0 atom stereocenters. The van der Waals surface area contributed by atoms with Crippen LogP contribution in [0.5, 0.6) is 0 Å². The number of anilines is 2. The molecule has 1 aliphatic carbocycles. The Labute approximate surface area is 167 Å². The van der Waals surface area contributed by atoms with Gasteiger partial charge in [-0.05, 0) is 38.0 Å². The lowest BCUT2D eigenvalue weighted by atomic mass is 9.95. The number of rotatable bonds is 5. The largest absolute Gasteiger partial charge is 0.349 e. The lowest BCUT2D eigenvalue weighted by Crippen LogP contribution is -2.36. The molecule has 0 heterocycles. The summed E-state index contributed by atoms with van der Waals surface area (Å²) in [4.78, 5) is 37.1. The summed E-state index contributed by atoms with van der Waals surface area (Å²) in [6.07, 6.45) is 5.40. The fourth-order valence-electron chi connectivity index (χ4n) is 2.98. The van der Waals surface area contributed by atoms with Crippen LogP contribution in [0.3, 0.4) is 0 Å². The van der Waals surface area contributed by atoms with E-state index < -0.39 is 5.41 Å². The van der Waals surface area contributed by atoms with E-state index in [1.165, 1.54) is 6.42 Å². The van der Waals surface area contributed by atoms with Crippen molar-refractivity contribution < 1.29 is 14.4 Å². The van der Waals surface area contributed by atoms with Crippen molar-refractivity contribution in [1.29, 1.82) is 0 Å². The van der Waals surface area contributed by atoms with E-state index in [1.54, 1.807) is 25.1 Å². The van der Waals surface area contributed by atoms with Gasteiger partial charge < -0.3 is 16.0 Å². The second kappa shape index (κ2) is 9.04. The van der Waals surface area contributed by atoms with E-state index in [2.05, 4.69) is 22.5 Å². The van der Waals surface area contributed by atoms with Gasteiger partial charge in [0.1, 0.15) is 0 Å². The van der Waals surface area contributed by atoms with Crippen molar-refractivity contribution in [3.05, 3.63) is 35.9 Å². The predicted octanol–water partition coefficient (Wildman–Crippen LogP) is 4.25. The van der Waals surface area contributed by atoms with Gasteiger partial charge in [-0.1, -0.05) is 46.6 Å². The van der Waals surface area contributed by atoms with Crippen molar-refractivity contribution in [2.45, 2.75) is 65.8 Å². The predicted molar refractivity (Wildman–Crippen MR) is 112 cm³/mol. The summed E-state index contributed by atoms with van der Waals surface area (Å²) >= 11 is 0. The molecule has 1 saturated carbocycles. The highest BCUT2D eigenvalue weighted by atomic mass is 16.2. The van der Waals surface area contributed by atoms with Crippen LogP contribution in [0.15, 0.2) is 30.4 Å². The molecule has 1 fully saturated rings. The van der Waals surface area contributed by atoms with Crippen LogP contribution in [-0.2, 0) is 9.59 Å². The molecule has 0 aliphatic heterocycles. The zero-order chi connectivity index (χ0) is 20.9. The Bertz CT molecular complexity index is 772. The van der Waals surface area contributed by atoms with E-state index in [9.17, 15) is 14.4 Å². The Morgan fingerprint density at radius 1 is 0.964 bits per heavy atom. The van der Waals surface area contributed by atoms with E-state index in [0.29, 0.717) is 22.5 Å². The van der Waals surface area contributed by atoms with E-state index in [1.807, 2.05) is 20.8 Å². The SMILES string of the molecule is C=C(C)C(=O)Nc1cc(NC(=O)C(C)(C)C)cc(C(=O)NC2CCCCC2)c1. The highest BCUT2D eigenvalue weighted by Gasteiger charge is 2.22. The molecule has 28 heavy (non-hydrogen) atoms. The molecule has 1 aromatic carbocycles. The van der Waals surface area contributed by atoms with E-state index in [-0.39, 0.29) is 23.8 Å². The molecule has 1 aromatic rings. The van der Waals surface area contributed by atoms with Gasteiger partial charge in [-0.25, -0.2) is 0 Å². The second-order valence-electron chi connectivity index (χ2n) is 8.55. The van der Waals surface area contributed by atoms with Crippen molar-refractivity contribution >= 4 is 29.1 Å². The standard InChI is InChI=1S/C22H31N3O3/c1-14(2)19(26)24-17-11-15(20(27)23-16-9-7-6-8-10-16)12-18(13-17)25-21(28)22(3,4)5/h11-13,16H,1,6-10H2,2-5H3,(H,23,27)(H,24,26)(H,25,28). The summed E-state index contributed by atoms with van der Waals surface area (Å²) < 4.78 is 0. The smallest absolute Gasteiger partial charge is 0.251 e. The summed E-state index contributed by atoms with van der Waals surface area (Å²) in [5, 5.41) is 8.62. The maximum absolute atomic E-state index is 12.8. The Morgan fingerprint density at radius 2 is 1.54 bits per heavy atom. The average Bonchev–Trinajstić information content (AvgIpc) is 2.61. The monoisotopic (exact) mass is 385 g/mol. The van der Waals surface area contributed by atoms with Crippen molar-refractivity contribution in [3.8, 4) is 0 Å². The molecule has 3 amide bonds. The first-order chi connectivity index (χ1) is 13.1. The minimum absolute atomic E-state index is 0.169. The summed E-state index contributed by atoms with van der Waals surface area (Å²) in [7, 11) is 0. The summed E-state index contributed by atoms with van der Waals surface area (Å²) in [5.41, 5.74) is 1.08. The fraction of sp³-hybridized carbons (Fsp3) is 0.500. The molecule has 6 heteroatoms. The minimum atomic E-state index is -0.582. The highest BCUT2D eigenvalue weighted by molar-refractivity contribution is 6.05. The summed E-state index contributed by atoms with van der Waals surface area (Å²) in [6, 6.07) is 5.06. The van der Waals surface area contributed by atoms with Crippen molar-refractivity contribution in [2.24, 2.45) is 5.41 Å². The third kappa shape index (κ3) is 6.22. The Balaban J connectivity index is 2.27. The van der Waals surface area contributed by atoms with Crippen LogP contribution in [0.2, 0.25) is 0 Å². The molecular weight excluding hydrogens is 354 g/mol. The third-order valence-electron chi connectivity index (χ3n) is 4.72. The molecule has 0 unspecified atom stereocenters. The molecule has 2 rings (SSSR count). The van der Waals surface area contributed by atoms with E-state index in [0.717, 1.165) is 25.7 Å². The molecule has 0 spiro atoms. The Morgan fingerprint density at radius 3 is 2.07 bits per heavy atom. The average molecular weight is 386 g/mol. The number of hydrogen-bond donors (Lipinski definition) is 3. The topological polar surface area (TPSA) is 87.3 Å². The quantitative estimate of drug-likeness (QED) is 0.662. The highest BCUT2D eigenvalue weighted by Crippen LogP contribution is 2.24. The minimum Gasteiger partial charge on any atom is -0.349 e. The first-order valence-corrected chi connectivity index (χ1v) is 9.80. The lowest BCUT2D eigenvalue weighted by molar-refractivity contribution is -0.123. The number of benzene rings is 1. The van der Waals surface area contributed by atoms with E-state index >= 15 is 0 Å². The van der Waals surface area contributed by atoms with Crippen LogP contribution in [0.1, 0.15) is 70.2 Å². The first kappa shape index (κ1) is 21.7. The third-order valence-corrected chi connectivity index (χ3v) is 4.72. The molecule has 152 valence electrons. The van der Waals surface area contributed by atoms with Gasteiger partial charge in [0, 0.05) is 34.0 Å². The van der Waals surface area contributed by atoms with Gasteiger partial charge in [0.05, 0.1) is 0 Å². The van der Waals surface area contributed by atoms with Crippen LogP contribution in [0.4, 0.5) is 11.4 Å². The molecule has 0 radical (unpaired) electrons. The van der Waals surface area contributed by atoms with Gasteiger partial charge in [-0.15, -0.1) is 0 Å². The van der Waals surface area contributed by atoms with Crippen LogP contribution < -0.4 is 16.0 Å². The molecule has 0 aromatic heterocycles. The van der Waals surface area contributed by atoms with Crippen molar-refractivity contribution in [3.63, 3.8) is 0 Å². The number of carbonyl (C=O) groups excluding carboxylic acids is 3. The molecular formula is C22H31N3O3.